The zero-order valence-corrected chi connectivity index (χ0v) is 25.7. The zero-order valence-electron chi connectivity index (χ0n) is 24.9. The Hall–Kier alpha value is -4.28. The van der Waals surface area contributed by atoms with Crippen LogP contribution in [0.1, 0.15) is 55.4 Å². The third kappa shape index (κ3) is 7.03. The van der Waals surface area contributed by atoms with Crippen LogP contribution in [-0.2, 0) is 25.5 Å². The maximum absolute atomic E-state index is 14.6. The van der Waals surface area contributed by atoms with Gasteiger partial charge in [0.15, 0.2) is 6.10 Å². The van der Waals surface area contributed by atoms with Crippen LogP contribution in [0.15, 0.2) is 84.4 Å². The molecule has 2 heterocycles. The highest BCUT2D eigenvalue weighted by Crippen LogP contribution is 2.34. The van der Waals surface area contributed by atoms with Crippen molar-refractivity contribution in [1.82, 2.24) is 14.9 Å². The van der Waals surface area contributed by atoms with Crippen LogP contribution >= 0.6 is 11.3 Å². The summed E-state index contributed by atoms with van der Waals surface area (Å²) in [5, 5.41) is 15.6. The number of ether oxygens (including phenoxy) is 1. The number of nitrogens with zero attached hydrogens (tertiary/aromatic N) is 3. The fourth-order valence-electron chi connectivity index (χ4n) is 5.15. The number of thiophene rings is 1. The smallest absolute Gasteiger partial charge is 0.337 e. The van der Waals surface area contributed by atoms with E-state index in [9.17, 15) is 24.3 Å². The minimum Gasteiger partial charge on any atom is -0.461 e. The lowest BCUT2D eigenvalue weighted by Crippen LogP contribution is -2.64. The molecular weight excluding hydrogens is 566 g/mol. The van der Waals surface area contributed by atoms with E-state index in [1.807, 2.05) is 50.2 Å². The van der Waals surface area contributed by atoms with Crippen molar-refractivity contribution in [1.29, 1.82) is 0 Å². The molecule has 10 heteroatoms. The number of amides is 3. The lowest BCUT2D eigenvalue weighted by atomic mass is 9.96. The van der Waals surface area contributed by atoms with Crippen molar-refractivity contribution in [2.75, 3.05) is 0 Å². The number of carbonyl (C=O) groups is 4. The van der Waals surface area contributed by atoms with Gasteiger partial charge in [-0.25, -0.2) is 14.8 Å². The van der Waals surface area contributed by atoms with E-state index in [0.29, 0.717) is 10.4 Å². The normalized spacial score (nSPS) is 16.6. The number of benzene rings is 2. The number of aliphatic hydroxyl groups is 1. The Morgan fingerprint density at radius 3 is 2.12 bits per heavy atom. The standard InChI is InChI=1S/C33H37N3O6S/c1-21(2)29-32(40)36(27(25-15-10-7-11-16-25)20-34(29)31(39)28-17-12-18-43-28)35(23(5)37)26(19-24-13-8-6-9-14-24)30(38)33(41)42-22(3)4/h6-18,20-22,26,29-30,38H,19H2,1-5H3/t26-,29?,30?/m0/s1. The van der Waals surface area contributed by atoms with Crippen molar-refractivity contribution in [3.8, 4) is 0 Å². The van der Waals surface area contributed by atoms with Crippen LogP contribution in [0.5, 0.6) is 0 Å². The molecule has 1 aliphatic rings. The monoisotopic (exact) mass is 603 g/mol. The average molecular weight is 604 g/mol. The van der Waals surface area contributed by atoms with Crippen molar-refractivity contribution >= 4 is 40.7 Å². The fraction of sp³-hybridized carbons (Fsp3) is 0.333. The van der Waals surface area contributed by atoms with Crippen LogP contribution in [-0.4, -0.2) is 68.0 Å². The van der Waals surface area contributed by atoms with Crippen molar-refractivity contribution < 1.29 is 29.0 Å². The molecule has 1 N–H and O–H groups in total. The predicted octanol–water partition coefficient (Wildman–Crippen LogP) is 4.74. The van der Waals surface area contributed by atoms with E-state index in [0.717, 1.165) is 10.6 Å². The molecule has 226 valence electrons. The molecule has 2 unspecified atom stereocenters. The van der Waals surface area contributed by atoms with Crippen molar-refractivity contribution in [2.24, 2.45) is 5.92 Å². The number of hydrazine groups is 1. The Balaban J connectivity index is 1.92. The number of carbonyl (C=O) groups excluding carboxylic acids is 4. The van der Waals surface area contributed by atoms with Crippen LogP contribution < -0.4 is 0 Å². The van der Waals surface area contributed by atoms with Gasteiger partial charge in [0.05, 0.1) is 22.7 Å². The fourth-order valence-corrected chi connectivity index (χ4v) is 5.81. The summed E-state index contributed by atoms with van der Waals surface area (Å²) in [4.78, 5) is 56.9. The molecule has 0 saturated heterocycles. The summed E-state index contributed by atoms with van der Waals surface area (Å²) in [6.45, 7) is 8.26. The molecule has 3 amide bonds. The van der Waals surface area contributed by atoms with Gasteiger partial charge in [-0.3, -0.25) is 19.3 Å². The minimum atomic E-state index is -1.78. The Labute approximate surface area is 255 Å². The van der Waals surface area contributed by atoms with Crippen molar-refractivity contribution in [2.45, 2.75) is 65.3 Å². The molecule has 4 rings (SSSR count). The molecular formula is C33H37N3O6S. The van der Waals surface area contributed by atoms with Gasteiger partial charge < -0.3 is 9.84 Å². The highest BCUT2D eigenvalue weighted by Gasteiger charge is 2.47. The van der Waals surface area contributed by atoms with E-state index >= 15 is 0 Å². The first-order valence-electron chi connectivity index (χ1n) is 14.2. The highest BCUT2D eigenvalue weighted by molar-refractivity contribution is 7.12. The molecule has 9 nitrogen and oxygen atoms in total. The molecule has 43 heavy (non-hydrogen) atoms. The van der Waals surface area contributed by atoms with Gasteiger partial charge in [-0.2, -0.15) is 0 Å². The molecule has 0 spiro atoms. The van der Waals surface area contributed by atoms with Gasteiger partial charge in [-0.15, -0.1) is 11.3 Å². The second kappa shape index (κ2) is 13.8. The largest absolute Gasteiger partial charge is 0.461 e. The van der Waals surface area contributed by atoms with Crippen LogP contribution in [0.25, 0.3) is 5.70 Å². The van der Waals surface area contributed by atoms with E-state index in [1.54, 1.807) is 61.8 Å². The predicted molar refractivity (Wildman–Crippen MR) is 164 cm³/mol. The van der Waals surface area contributed by atoms with Gasteiger partial charge in [0.25, 0.3) is 11.8 Å². The Morgan fingerprint density at radius 1 is 0.953 bits per heavy atom. The van der Waals surface area contributed by atoms with E-state index < -0.39 is 42.1 Å². The number of rotatable bonds is 10. The first-order chi connectivity index (χ1) is 20.5. The van der Waals surface area contributed by atoms with Crippen LogP contribution in [0.4, 0.5) is 0 Å². The zero-order chi connectivity index (χ0) is 31.3. The molecule has 0 fully saturated rings. The molecule has 3 aromatic rings. The minimum absolute atomic E-state index is 0.0464. The van der Waals surface area contributed by atoms with Gasteiger partial charge in [-0.1, -0.05) is 80.6 Å². The second-order valence-corrected chi connectivity index (χ2v) is 11.9. The summed E-state index contributed by atoms with van der Waals surface area (Å²) < 4.78 is 5.34. The van der Waals surface area contributed by atoms with Crippen LogP contribution in [0.3, 0.4) is 0 Å². The molecule has 1 aliphatic heterocycles. The second-order valence-electron chi connectivity index (χ2n) is 11.0. The number of hydrogen-bond acceptors (Lipinski definition) is 7. The van der Waals surface area contributed by atoms with Gasteiger partial charge in [-0.05, 0) is 43.2 Å². The first kappa shape index (κ1) is 31.7. The van der Waals surface area contributed by atoms with Crippen LogP contribution in [0, 0.1) is 5.92 Å². The number of aliphatic hydroxyl groups excluding tert-OH is 1. The van der Waals surface area contributed by atoms with Gasteiger partial charge in [0.2, 0.25) is 5.91 Å². The summed E-state index contributed by atoms with van der Waals surface area (Å²) in [6, 6.07) is 19.3. The summed E-state index contributed by atoms with van der Waals surface area (Å²) in [5.74, 6) is -2.71. The summed E-state index contributed by atoms with van der Waals surface area (Å²) in [5.41, 5.74) is 1.55. The van der Waals surface area contributed by atoms with E-state index in [4.69, 9.17) is 4.74 Å². The molecule has 0 bridgehead atoms. The number of hydrogen-bond donors (Lipinski definition) is 1. The van der Waals surface area contributed by atoms with E-state index in [-0.39, 0.29) is 23.9 Å². The molecule has 1 aromatic heterocycles. The van der Waals surface area contributed by atoms with Crippen LogP contribution in [0.2, 0.25) is 0 Å². The maximum atomic E-state index is 14.6. The summed E-state index contributed by atoms with van der Waals surface area (Å²) >= 11 is 1.27. The first-order valence-corrected chi connectivity index (χ1v) is 15.1. The van der Waals surface area contributed by atoms with E-state index in [1.165, 1.54) is 28.2 Å². The quantitative estimate of drug-likeness (QED) is 0.336. The third-order valence-electron chi connectivity index (χ3n) is 7.02. The van der Waals surface area contributed by atoms with Crippen molar-refractivity contribution in [3.05, 3.63) is 100 Å². The SMILES string of the molecule is CC(=O)N([C@@H](Cc1ccccc1)C(O)C(=O)OC(C)C)N1C(=O)C(C(C)C)N(C(=O)c2cccs2)C=C1c1ccccc1. The summed E-state index contributed by atoms with van der Waals surface area (Å²) in [7, 11) is 0. The van der Waals surface area contributed by atoms with E-state index in [2.05, 4.69) is 0 Å². The lowest BCUT2D eigenvalue weighted by Gasteiger charge is -2.47. The number of esters is 1. The maximum Gasteiger partial charge on any atom is 0.337 e. The van der Waals surface area contributed by atoms with Gasteiger partial charge in [0, 0.05) is 18.7 Å². The molecule has 0 aliphatic carbocycles. The van der Waals surface area contributed by atoms with Gasteiger partial charge >= 0.3 is 5.97 Å². The Morgan fingerprint density at radius 2 is 1.58 bits per heavy atom. The third-order valence-corrected chi connectivity index (χ3v) is 7.87. The lowest BCUT2D eigenvalue weighted by molar-refractivity contribution is -0.177. The molecule has 0 saturated carbocycles. The van der Waals surface area contributed by atoms with Crippen molar-refractivity contribution in [3.63, 3.8) is 0 Å². The Kier molecular flexibility index (Phi) is 10.2. The molecule has 0 radical (unpaired) electrons. The average Bonchev–Trinajstić information content (AvgIpc) is 3.52. The molecule has 2 aromatic carbocycles. The topological polar surface area (TPSA) is 107 Å². The molecule has 3 atom stereocenters. The Bertz CT molecular complexity index is 1460. The highest BCUT2D eigenvalue weighted by atomic mass is 32.1. The van der Waals surface area contributed by atoms with Gasteiger partial charge in [0.1, 0.15) is 6.04 Å². The summed E-state index contributed by atoms with van der Waals surface area (Å²) in [6.07, 6.45) is -0.661.